The summed E-state index contributed by atoms with van der Waals surface area (Å²) in [7, 11) is 0. The largest absolute Gasteiger partial charge is 0.272 e. The van der Waals surface area contributed by atoms with Gasteiger partial charge in [-0.25, -0.2) is 15.1 Å². The predicted octanol–water partition coefficient (Wildman–Crippen LogP) is 5.07. The van der Waals surface area contributed by atoms with Gasteiger partial charge in [-0.05, 0) is 42.8 Å². The Labute approximate surface area is 205 Å². The summed E-state index contributed by atoms with van der Waals surface area (Å²) in [5.41, 5.74) is 7.08. The molecule has 176 valence electrons. The van der Waals surface area contributed by atoms with E-state index in [4.69, 9.17) is 4.98 Å². The molecule has 3 aromatic carbocycles. The maximum absolute atomic E-state index is 13.3. The highest BCUT2D eigenvalue weighted by atomic mass is 16.6. The summed E-state index contributed by atoms with van der Waals surface area (Å²) in [4.78, 5) is 28.5. The number of benzene rings is 3. The average Bonchev–Trinajstić information content (AvgIpc) is 3.25. The minimum atomic E-state index is -0.473. The quantitative estimate of drug-likeness (QED) is 0.209. The zero-order valence-corrected chi connectivity index (χ0v) is 19.2. The van der Waals surface area contributed by atoms with E-state index >= 15 is 0 Å². The van der Waals surface area contributed by atoms with Gasteiger partial charge >= 0.3 is 0 Å². The highest BCUT2D eigenvalue weighted by Crippen LogP contribution is 2.28. The lowest BCUT2D eigenvalue weighted by Crippen LogP contribution is -2.18. The molecule has 0 radical (unpaired) electrons. The van der Waals surface area contributed by atoms with Crippen LogP contribution in [0.25, 0.3) is 28.0 Å². The number of amides is 1. The molecule has 36 heavy (non-hydrogen) atoms. The maximum Gasteiger partial charge on any atom is 0.272 e. The maximum atomic E-state index is 13.3. The number of rotatable bonds is 6. The molecule has 0 unspecified atom stereocenters. The summed E-state index contributed by atoms with van der Waals surface area (Å²) in [6.45, 7) is 1.84. The van der Waals surface area contributed by atoms with Crippen molar-refractivity contribution in [1.29, 1.82) is 0 Å². The number of nitrogens with one attached hydrogen (secondary N) is 1. The smallest absolute Gasteiger partial charge is 0.267 e. The molecule has 0 atom stereocenters. The van der Waals surface area contributed by atoms with Crippen molar-refractivity contribution >= 4 is 28.8 Å². The van der Waals surface area contributed by atoms with Gasteiger partial charge in [0.1, 0.15) is 0 Å². The molecule has 0 aliphatic rings. The van der Waals surface area contributed by atoms with Crippen molar-refractivity contribution < 1.29 is 9.72 Å². The lowest BCUT2D eigenvalue weighted by molar-refractivity contribution is -0.384. The first-order valence-electron chi connectivity index (χ1n) is 11.1. The first kappa shape index (κ1) is 22.6. The fraction of sp³-hybridized carbons (Fsp3) is 0.0370. The van der Waals surface area contributed by atoms with E-state index in [1.807, 2.05) is 67.6 Å². The Bertz CT molecular complexity index is 1590. The van der Waals surface area contributed by atoms with Crippen LogP contribution in [0, 0.1) is 17.0 Å². The van der Waals surface area contributed by atoms with Crippen LogP contribution in [-0.4, -0.2) is 31.8 Å². The Balaban J connectivity index is 1.55. The summed E-state index contributed by atoms with van der Waals surface area (Å²) in [5, 5.41) is 20.2. The van der Waals surface area contributed by atoms with Gasteiger partial charge in [0.05, 0.1) is 39.2 Å². The van der Waals surface area contributed by atoms with Crippen LogP contribution in [0.15, 0.2) is 96.1 Å². The van der Waals surface area contributed by atoms with E-state index in [2.05, 4.69) is 15.6 Å². The molecule has 0 saturated heterocycles. The van der Waals surface area contributed by atoms with Crippen LogP contribution in [0.4, 0.5) is 5.69 Å². The minimum Gasteiger partial charge on any atom is -0.267 e. The summed E-state index contributed by atoms with van der Waals surface area (Å²) in [6.07, 6.45) is 1.43. The number of fused-ring (bicyclic) bond motifs is 1. The molecular formula is C27H20N6O3. The van der Waals surface area contributed by atoms with E-state index in [0.717, 1.165) is 11.3 Å². The summed E-state index contributed by atoms with van der Waals surface area (Å²) < 4.78 is 1.73. The number of carbonyl (C=O) groups excluding carboxylic acids is 1. The molecule has 0 bridgehead atoms. The highest BCUT2D eigenvalue weighted by molar-refractivity contribution is 6.08. The third-order valence-electron chi connectivity index (χ3n) is 5.61. The van der Waals surface area contributed by atoms with Crippen LogP contribution in [0.2, 0.25) is 0 Å². The van der Waals surface area contributed by atoms with Crippen molar-refractivity contribution in [2.75, 3.05) is 0 Å². The molecule has 2 aromatic heterocycles. The van der Waals surface area contributed by atoms with E-state index in [9.17, 15) is 14.9 Å². The zero-order chi connectivity index (χ0) is 25.1. The summed E-state index contributed by atoms with van der Waals surface area (Å²) >= 11 is 0. The van der Waals surface area contributed by atoms with E-state index < -0.39 is 10.8 Å². The summed E-state index contributed by atoms with van der Waals surface area (Å²) in [5.74, 6) is -0.423. The van der Waals surface area contributed by atoms with E-state index in [0.29, 0.717) is 33.5 Å². The molecular weight excluding hydrogens is 456 g/mol. The number of nitro benzene ring substituents is 1. The number of hydrazone groups is 1. The number of hydrogen-bond acceptors (Lipinski definition) is 6. The van der Waals surface area contributed by atoms with E-state index in [-0.39, 0.29) is 5.69 Å². The first-order chi connectivity index (χ1) is 17.5. The Morgan fingerprint density at radius 2 is 1.67 bits per heavy atom. The van der Waals surface area contributed by atoms with Gasteiger partial charge in [0, 0.05) is 17.7 Å². The second kappa shape index (κ2) is 9.59. The number of nitro groups is 1. The number of nitrogens with zero attached hydrogens (tertiary/aromatic N) is 5. The van der Waals surface area contributed by atoms with Crippen molar-refractivity contribution in [3.05, 3.63) is 118 Å². The van der Waals surface area contributed by atoms with Crippen molar-refractivity contribution in [3.63, 3.8) is 0 Å². The normalized spacial score (nSPS) is 11.1. The van der Waals surface area contributed by atoms with Crippen molar-refractivity contribution in [2.45, 2.75) is 6.92 Å². The second-order valence-electron chi connectivity index (χ2n) is 8.00. The fourth-order valence-electron chi connectivity index (χ4n) is 3.88. The SMILES string of the molecule is Cc1nn(-c2ccccc2)c2nc(-c3ccccc3)cc(C(=O)N/N=C\c3ccc([N+](=O)[O-])cc3)c12. The molecule has 0 saturated carbocycles. The van der Waals surface area contributed by atoms with Gasteiger partial charge < -0.3 is 0 Å². The molecule has 1 N–H and O–H groups in total. The van der Waals surface area contributed by atoms with Crippen molar-refractivity contribution in [3.8, 4) is 16.9 Å². The van der Waals surface area contributed by atoms with Crippen LogP contribution in [-0.2, 0) is 0 Å². The van der Waals surface area contributed by atoms with Crippen LogP contribution in [0.5, 0.6) is 0 Å². The van der Waals surface area contributed by atoms with Crippen molar-refractivity contribution in [2.24, 2.45) is 5.10 Å². The Morgan fingerprint density at radius 3 is 2.33 bits per heavy atom. The highest BCUT2D eigenvalue weighted by Gasteiger charge is 2.20. The number of aromatic nitrogens is 3. The summed E-state index contributed by atoms with van der Waals surface area (Å²) in [6, 6.07) is 26.8. The molecule has 2 heterocycles. The van der Waals surface area contributed by atoms with Crippen LogP contribution >= 0.6 is 0 Å². The average molecular weight is 476 g/mol. The number of hydrogen-bond donors (Lipinski definition) is 1. The lowest BCUT2D eigenvalue weighted by Gasteiger charge is -2.08. The minimum absolute atomic E-state index is 0.0188. The zero-order valence-electron chi connectivity index (χ0n) is 19.2. The molecule has 0 aliphatic carbocycles. The molecule has 9 nitrogen and oxygen atoms in total. The predicted molar refractivity (Wildman–Crippen MR) is 137 cm³/mol. The molecule has 5 aromatic rings. The van der Waals surface area contributed by atoms with Gasteiger partial charge in [-0.3, -0.25) is 14.9 Å². The number of aryl methyl sites for hydroxylation is 1. The number of non-ortho nitro benzene ring substituents is 1. The van der Waals surface area contributed by atoms with Gasteiger partial charge in [-0.1, -0.05) is 48.5 Å². The molecule has 5 rings (SSSR count). The number of carbonyl (C=O) groups is 1. The second-order valence-corrected chi connectivity index (χ2v) is 8.00. The topological polar surface area (TPSA) is 115 Å². The Morgan fingerprint density at radius 1 is 1.00 bits per heavy atom. The Hall–Kier alpha value is -5.18. The van der Waals surface area contributed by atoms with Gasteiger partial charge in [0.25, 0.3) is 11.6 Å². The van der Waals surface area contributed by atoms with E-state index in [1.54, 1.807) is 22.9 Å². The third-order valence-corrected chi connectivity index (χ3v) is 5.61. The fourth-order valence-corrected chi connectivity index (χ4v) is 3.88. The van der Waals surface area contributed by atoms with Gasteiger partial charge in [0.2, 0.25) is 0 Å². The third kappa shape index (κ3) is 4.45. The van der Waals surface area contributed by atoms with E-state index in [1.165, 1.54) is 18.3 Å². The molecule has 9 heteroatoms. The van der Waals surface area contributed by atoms with Crippen LogP contribution in [0.1, 0.15) is 21.6 Å². The van der Waals surface area contributed by atoms with Crippen LogP contribution < -0.4 is 5.43 Å². The van der Waals surface area contributed by atoms with Crippen molar-refractivity contribution in [1.82, 2.24) is 20.2 Å². The first-order valence-corrected chi connectivity index (χ1v) is 11.1. The van der Waals surface area contributed by atoms with Gasteiger partial charge in [-0.2, -0.15) is 10.2 Å². The molecule has 0 fully saturated rings. The standard InChI is InChI=1S/C27H20N6O3/c1-18-25-23(27(34)30-28-17-19-12-14-22(15-13-19)33(35)36)16-24(20-8-4-2-5-9-20)29-26(25)32(31-18)21-10-6-3-7-11-21/h2-17H,1H3,(H,30,34)/b28-17-. The lowest BCUT2D eigenvalue weighted by atomic mass is 10.1. The Kier molecular flexibility index (Phi) is 6.02. The molecule has 0 aliphatic heterocycles. The molecule has 0 spiro atoms. The van der Waals surface area contributed by atoms with Crippen LogP contribution in [0.3, 0.4) is 0 Å². The number of pyridine rings is 1. The number of para-hydroxylation sites is 1. The molecule has 1 amide bonds. The van der Waals surface area contributed by atoms with Gasteiger partial charge in [0.15, 0.2) is 5.65 Å². The monoisotopic (exact) mass is 476 g/mol. The van der Waals surface area contributed by atoms with Gasteiger partial charge in [-0.15, -0.1) is 0 Å².